The normalized spacial score (nSPS) is 21.0. The molecule has 1 saturated heterocycles. The van der Waals surface area contributed by atoms with E-state index < -0.39 is 0 Å². The number of likely N-dealkylation sites (tertiary alicyclic amines) is 1. The summed E-state index contributed by atoms with van der Waals surface area (Å²) in [5, 5.41) is 0. The zero-order valence-electron chi connectivity index (χ0n) is 18.8. The first-order chi connectivity index (χ1) is 15.5. The second-order valence-corrected chi connectivity index (χ2v) is 8.53. The molecule has 0 spiro atoms. The zero-order valence-corrected chi connectivity index (χ0v) is 18.8. The van der Waals surface area contributed by atoms with E-state index in [1.54, 1.807) is 14.2 Å². The summed E-state index contributed by atoms with van der Waals surface area (Å²) in [6, 6.07) is 13.9. The van der Waals surface area contributed by atoms with Crippen molar-refractivity contribution in [2.45, 2.75) is 25.3 Å². The molecule has 0 saturated carbocycles. The average molecular weight is 438 g/mol. The van der Waals surface area contributed by atoms with E-state index in [2.05, 4.69) is 17.0 Å². The summed E-state index contributed by atoms with van der Waals surface area (Å²) >= 11 is 0. The van der Waals surface area contributed by atoms with Gasteiger partial charge in [0.1, 0.15) is 0 Å². The molecule has 2 N–H and O–H groups in total. The molecule has 1 fully saturated rings. The fraction of sp³-hybridized carbons (Fsp3) is 0.440. The molecule has 2 heterocycles. The number of ether oxygens (including phenoxy) is 2. The minimum Gasteiger partial charge on any atom is -0.493 e. The fourth-order valence-electron chi connectivity index (χ4n) is 4.92. The topological polar surface area (TPSA) is 85.1 Å². The predicted molar refractivity (Wildman–Crippen MR) is 122 cm³/mol. The van der Waals surface area contributed by atoms with E-state index in [1.165, 1.54) is 0 Å². The Morgan fingerprint density at radius 2 is 1.78 bits per heavy atom. The number of carbonyl (C=O) groups is 2. The monoisotopic (exact) mass is 437 g/mol. The van der Waals surface area contributed by atoms with Crippen molar-refractivity contribution < 1.29 is 19.1 Å². The molecule has 4 rings (SSSR count). The van der Waals surface area contributed by atoms with E-state index in [1.807, 2.05) is 35.2 Å². The number of fused-ring (bicyclic) bond motifs is 1. The number of piperidine rings is 1. The Bertz CT molecular complexity index is 979. The van der Waals surface area contributed by atoms with Crippen LogP contribution in [0.4, 0.5) is 0 Å². The van der Waals surface area contributed by atoms with Gasteiger partial charge >= 0.3 is 0 Å². The lowest BCUT2D eigenvalue weighted by Crippen LogP contribution is -2.49. The second-order valence-electron chi connectivity index (χ2n) is 8.53. The summed E-state index contributed by atoms with van der Waals surface area (Å²) in [6.45, 7) is 2.26. The number of carbonyl (C=O) groups excluding carboxylic acids is 2. The van der Waals surface area contributed by atoms with Crippen LogP contribution in [0, 0.1) is 5.92 Å². The van der Waals surface area contributed by atoms with Gasteiger partial charge in [0.15, 0.2) is 11.5 Å². The standard InChI is InChI=1S/C25H31N3O4/c1-31-21-13-18-10-12-28(23(29)16-27-11-6-9-19(15-27)25(26)30)24(17-7-4-3-5-8-17)20(18)14-22(21)32-2/h3-5,7-8,13-14,19,24H,6,9-12,15-16H2,1-2H3,(H2,26,30). The van der Waals surface area contributed by atoms with Gasteiger partial charge in [-0.2, -0.15) is 0 Å². The van der Waals surface area contributed by atoms with Crippen molar-refractivity contribution >= 4 is 11.8 Å². The van der Waals surface area contributed by atoms with Crippen LogP contribution in [0.15, 0.2) is 42.5 Å². The molecule has 2 aliphatic rings. The van der Waals surface area contributed by atoms with Gasteiger partial charge in [0.05, 0.1) is 32.7 Å². The molecular weight excluding hydrogens is 406 g/mol. The lowest BCUT2D eigenvalue weighted by molar-refractivity contribution is -0.136. The molecule has 32 heavy (non-hydrogen) atoms. The highest BCUT2D eigenvalue weighted by Crippen LogP contribution is 2.41. The number of hydrogen-bond acceptors (Lipinski definition) is 5. The molecule has 2 aromatic rings. The molecule has 0 aliphatic carbocycles. The van der Waals surface area contributed by atoms with Gasteiger partial charge in [0.2, 0.25) is 11.8 Å². The Kier molecular flexibility index (Phi) is 6.65. The molecule has 0 bridgehead atoms. The smallest absolute Gasteiger partial charge is 0.237 e. The largest absolute Gasteiger partial charge is 0.493 e. The molecule has 170 valence electrons. The SMILES string of the molecule is COc1cc2c(cc1OC)C(c1ccccc1)N(C(=O)CN1CCCC(C(N)=O)C1)CC2. The molecule has 0 radical (unpaired) electrons. The predicted octanol–water partition coefficient (Wildman–Crippen LogP) is 2.38. The molecule has 2 aromatic carbocycles. The summed E-state index contributed by atoms with van der Waals surface area (Å²) in [7, 11) is 3.26. The Hall–Kier alpha value is -3.06. The number of primary amides is 1. The highest BCUT2D eigenvalue weighted by Gasteiger charge is 2.34. The van der Waals surface area contributed by atoms with Crippen molar-refractivity contribution in [3.8, 4) is 11.5 Å². The van der Waals surface area contributed by atoms with Gasteiger partial charge in [-0.15, -0.1) is 0 Å². The quantitative estimate of drug-likeness (QED) is 0.750. The summed E-state index contributed by atoms with van der Waals surface area (Å²) in [5.74, 6) is 0.951. The number of hydrogen-bond donors (Lipinski definition) is 1. The number of nitrogens with two attached hydrogens (primary N) is 1. The summed E-state index contributed by atoms with van der Waals surface area (Å²) in [4.78, 5) is 29.2. The van der Waals surface area contributed by atoms with Gasteiger partial charge in [0.25, 0.3) is 0 Å². The lowest BCUT2D eigenvalue weighted by Gasteiger charge is -2.40. The first-order valence-corrected chi connectivity index (χ1v) is 11.1. The highest BCUT2D eigenvalue weighted by molar-refractivity contribution is 5.80. The lowest BCUT2D eigenvalue weighted by atomic mass is 9.87. The van der Waals surface area contributed by atoms with E-state index in [0.29, 0.717) is 24.6 Å². The van der Waals surface area contributed by atoms with Crippen LogP contribution < -0.4 is 15.2 Å². The average Bonchev–Trinajstić information content (AvgIpc) is 2.82. The number of amides is 2. The molecule has 2 aliphatic heterocycles. The van der Waals surface area contributed by atoms with Crippen LogP contribution in [0.25, 0.3) is 0 Å². The number of rotatable bonds is 6. The van der Waals surface area contributed by atoms with E-state index >= 15 is 0 Å². The van der Waals surface area contributed by atoms with Crippen molar-refractivity contribution in [3.05, 3.63) is 59.2 Å². The fourth-order valence-corrected chi connectivity index (χ4v) is 4.92. The second kappa shape index (κ2) is 9.61. The molecule has 2 atom stereocenters. The molecule has 7 nitrogen and oxygen atoms in total. The molecular formula is C25H31N3O4. The van der Waals surface area contributed by atoms with Crippen LogP contribution in [0.2, 0.25) is 0 Å². The number of nitrogens with zero attached hydrogens (tertiary/aromatic N) is 2. The third-order valence-corrected chi connectivity index (χ3v) is 6.58. The van der Waals surface area contributed by atoms with Crippen molar-refractivity contribution in [2.24, 2.45) is 11.7 Å². The van der Waals surface area contributed by atoms with Crippen LogP contribution in [-0.4, -0.2) is 62.0 Å². The van der Waals surface area contributed by atoms with Crippen LogP contribution in [0.1, 0.15) is 35.6 Å². The molecule has 2 amide bonds. The van der Waals surface area contributed by atoms with Gasteiger partial charge < -0.3 is 20.1 Å². The van der Waals surface area contributed by atoms with Gasteiger partial charge in [0, 0.05) is 13.1 Å². The first-order valence-electron chi connectivity index (χ1n) is 11.1. The Morgan fingerprint density at radius 1 is 1.06 bits per heavy atom. The minimum absolute atomic E-state index is 0.0596. The summed E-state index contributed by atoms with van der Waals surface area (Å²) in [5.41, 5.74) is 8.80. The van der Waals surface area contributed by atoms with Crippen LogP contribution >= 0.6 is 0 Å². The van der Waals surface area contributed by atoms with Crippen molar-refractivity contribution in [2.75, 3.05) is 40.4 Å². The Labute approximate surface area is 189 Å². The zero-order chi connectivity index (χ0) is 22.7. The van der Waals surface area contributed by atoms with Crippen molar-refractivity contribution in [1.29, 1.82) is 0 Å². The molecule has 2 unspecified atom stereocenters. The van der Waals surface area contributed by atoms with Crippen molar-refractivity contribution in [3.63, 3.8) is 0 Å². The maximum Gasteiger partial charge on any atom is 0.237 e. The van der Waals surface area contributed by atoms with Crippen LogP contribution in [-0.2, 0) is 16.0 Å². The van der Waals surface area contributed by atoms with Gasteiger partial charge in [-0.1, -0.05) is 30.3 Å². The van der Waals surface area contributed by atoms with Gasteiger partial charge in [-0.05, 0) is 54.6 Å². The maximum atomic E-state index is 13.5. The number of benzene rings is 2. The summed E-state index contributed by atoms with van der Waals surface area (Å²) < 4.78 is 11.1. The third-order valence-electron chi connectivity index (χ3n) is 6.58. The van der Waals surface area contributed by atoms with E-state index in [0.717, 1.165) is 42.5 Å². The van der Waals surface area contributed by atoms with Gasteiger partial charge in [-0.3, -0.25) is 14.5 Å². The van der Waals surface area contributed by atoms with E-state index in [9.17, 15) is 9.59 Å². The highest BCUT2D eigenvalue weighted by atomic mass is 16.5. The molecule has 0 aromatic heterocycles. The Balaban J connectivity index is 1.65. The maximum absolute atomic E-state index is 13.5. The van der Waals surface area contributed by atoms with Crippen LogP contribution in [0.3, 0.4) is 0 Å². The van der Waals surface area contributed by atoms with E-state index in [-0.39, 0.29) is 30.3 Å². The van der Waals surface area contributed by atoms with E-state index in [4.69, 9.17) is 15.2 Å². The first kappa shape index (κ1) is 22.1. The minimum atomic E-state index is -0.280. The molecule has 7 heteroatoms. The summed E-state index contributed by atoms with van der Waals surface area (Å²) in [6.07, 6.45) is 2.42. The van der Waals surface area contributed by atoms with Crippen LogP contribution in [0.5, 0.6) is 11.5 Å². The van der Waals surface area contributed by atoms with Crippen molar-refractivity contribution in [1.82, 2.24) is 9.80 Å². The van der Waals surface area contributed by atoms with Gasteiger partial charge in [-0.25, -0.2) is 0 Å². The third kappa shape index (κ3) is 4.43. The number of methoxy groups -OCH3 is 2. The Morgan fingerprint density at radius 3 is 2.47 bits per heavy atom.